The molecule has 0 bridgehead atoms. The summed E-state index contributed by atoms with van der Waals surface area (Å²) in [7, 11) is 0. The Balaban J connectivity index is 4.32. The number of hydrogen-bond acceptors (Lipinski definition) is 3. The molecular formula is C6H9NO2. The minimum absolute atomic E-state index is 0.456. The average Bonchev–Trinajstić information content (AvgIpc) is 1.86. The third kappa shape index (κ3) is 1.51. The lowest BCUT2D eigenvalue weighted by molar-refractivity contribution is -0.116. The Morgan fingerprint density at radius 1 is 1.89 bits per heavy atom. The van der Waals surface area contributed by atoms with Gasteiger partial charge in [-0.05, 0) is 13.8 Å². The van der Waals surface area contributed by atoms with Gasteiger partial charge in [0.25, 0.3) is 0 Å². The van der Waals surface area contributed by atoms with Crippen LogP contribution in [0.3, 0.4) is 0 Å². The monoisotopic (exact) mass is 127 g/mol. The van der Waals surface area contributed by atoms with Crippen LogP contribution in [-0.2, 0) is 4.79 Å². The highest BCUT2D eigenvalue weighted by atomic mass is 16.3. The van der Waals surface area contributed by atoms with Crippen molar-refractivity contribution in [3.63, 3.8) is 0 Å². The Hall–Kier alpha value is -0.880. The van der Waals surface area contributed by atoms with Crippen LogP contribution in [0.25, 0.3) is 0 Å². The van der Waals surface area contributed by atoms with Crippen LogP contribution in [0.4, 0.5) is 0 Å². The van der Waals surface area contributed by atoms with Gasteiger partial charge in [-0.15, -0.1) is 0 Å². The third-order valence-electron chi connectivity index (χ3n) is 1.35. The standard InChI is InChI=1S/C6H9NO2/c1-5(9)6(2,3-7)4-8/h4-5,9H,1-2H3. The maximum Gasteiger partial charge on any atom is 0.142 e. The number of aliphatic hydroxyl groups is 1. The molecule has 0 aromatic heterocycles. The molecule has 0 aromatic carbocycles. The topological polar surface area (TPSA) is 61.1 Å². The average molecular weight is 127 g/mol. The van der Waals surface area contributed by atoms with Gasteiger partial charge in [0.05, 0.1) is 12.2 Å². The zero-order valence-corrected chi connectivity index (χ0v) is 5.46. The molecule has 0 rings (SSSR count). The minimum Gasteiger partial charge on any atom is -0.391 e. The molecule has 2 unspecified atom stereocenters. The van der Waals surface area contributed by atoms with E-state index in [1.807, 2.05) is 0 Å². The molecule has 2 atom stereocenters. The van der Waals surface area contributed by atoms with Crippen LogP contribution in [0.1, 0.15) is 13.8 Å². The summed E-state index contributed by atoms with van der Waals surface area (Å²) in [6.45, 7) is 2.81. The third-order valence-corrected chi connectivity index (χ3v) is 1.35. The first kappa shape index (κ1) is 8.12. The van der Waals surface area contributed by atoms with Crippen molar-refractivity contribution in [1.29, 1.82) is 5.26 Å². The lowest BCUT2D eigenvalue weighted by Crippen LogP contribution is -2.29. The summed E-state index contributed by atoms with van der Waals surface area (Å²) >= 11 is 0. The fraction of sp³-hybridized carbons (Fsp3) is 0.667. The fourth-order valence-corrected chi connectivity index (χ4v) is 0.218. The van der Waals surface area contributed by atoms with Gasteiger partial charge in [-0.3, -0.25) is 0 Å². The molecule has 0 aromatic rings. The normalized spacial score (nSPS) is 19.3. The van der Waals surface area contributed by atoms with Gasteiger partial charge in [-0.25, -0.2) is 0 Å². The first-order chi connectivity index (χ1) is 4.06. The second-order valence-electron chi connectivity index (χ2n) is 2.19. The number of carbonyl (C=O) groups is 1. The van der Waals surface area contributed by atoms with Gasteiger partial charge in [-0.2, -0.15) is 5.26 Å². The van der Waals surface area contributed by atoms with Gasteiger partial charge in [0.2, 0.25) is 0 Å². The second-order valence-corrected chi connectivity index (χ2v) is 2.19. The van der Waals surface area contributed by atoms with Crippen molar-refractivity contribution in [2.45, 2.75) is 20.0 Å². The van der Waals surface area contributed by atoms with E-state index >= 15 is 0 Å². The predicted octanol–water partition coefficient (Wildman–Crippen LogP) is 0.0960. The van der Waals surface area contributed by atoms with Gasteiger partial charge in [0.1, 0.15) is 11.7 Å². The maximum absolute atomic E-state index is 10.1. The first-order valence-electron chi connectivity index (χ1n) is 2.62. The molecule has 3 nitrogen and oxygen atoms in total. The van der Waals surface area contributed by atoms with Crippen molar-refractivity contribution in [3.8, 4) is 6.07 Å². The maximum atomic E-state index is 10.1. The molecule has 0 aliphatic rings. The van der Waals surface area contributed by atoms with Gasteiger partial charge in [-0.1, -0.05) is 0 Å². The van der Waals surface area contributed by atoms with Crippen LogP contribution in [0.5, 0.6) is 0 Å². The van der Waals surface area contributed by atoms with Gasteiger partial charge in [0, 0.05) is 0 Å². The molecule has 0 radical (unpaired) electrons. The summed E-state index contributed by atoms with van der Waals surface area (Å²) < 4.78 is 0. The van der Waals surface area contributed by atoms with E-state index in [0.717, 1.165) is 0 Å². The molecule has 0 aliphatic heterocycles. The Morgan fingerprint density at radius 3 is 2.33 bits per heavy atom. The summed E-state index contributed by atoms with van der Waals surface area (Å²) in [6.07, 6.45) is -0.447. The Labute approximate surface area is 53.9 Å². The minimum atomic E-state index is -1.24. The molecule has 0 saturated heterocycles. The number of nitrogens with zero attached hydrogens (tertiary/aromatic N) is 1. The summed E-state index contributed by atoms with van der Waals surface area (Å²) in [5.74, 6) is 0. The molecule has 3 heteroatoms. The molecule has 1 N–H and O–H groups in total. The van der Waals surface area contributed by atoms with E-state index in [0.29, 0.717) is 6.29 Å². The molecule has 0 fully saturated rings. The number of carbonyl (C=O) groups excluding carboxylic acids is 1. The molecule has 9 heavy (non-hydrogen) atoms. The van der Waals surface area contributed by atoms with E-state index in [2.05, 4.69) is 0 Å². The van der Waals surface area contributed by atoms with E-state index < -0.39 is 11.5 Å². The van der Waals surface area contributed by atoms with Crippen molar-refractivity contribution in [2.24, 2.45) is 5.41 Å². The van der Waals surface area contributed by atoms with Crippen molar-refractivity contribution >= 4 is 6.29 Å². The van der Waals surface area contributed by atoms with E-state index in [-0.39, 0.29) is 0 Å². The largest absolute Gasteiger partial charge is 0.391 e. The van der Waals surface area contributed by atoms with Crippen LogP contribution in [0, 0.1) is 16.7 Å². The lowest BCUT2D eigenvalue weighted by atomic mass is 9.89. The lowest BCUT2D eigenvalue weighted by Gasteiger charge is -2.15. The SMILES string of the molecule is CC(O)C(C)(C#N)C=O. The molecule has 0 amide bonds. The molecular weight excluding hydrogens is 118 g/mol. The molecule has 0 saturated carbocycles. The highest BCUT2D eigenvalue weighted by Gasteiger charge is 2.28. The molecule has 50 valence electrons. The summed E-state index contributed by atoms with van der Waals surface area (Å²) in [5.41, 5.74) is -1.24. The van der Waals surface area contributed by atoms with Crippen molar-refractivity contribution in [2.75, 3.05) is 0 Å². The summed E-state index contributed by atoms with van der Waals surface area (Å²) in [4.78, 5) is 10.1. The smallest absolute Gasteiger partial charge is 0.142 e. The molecule has 0 aliphatic carbocycles. The highest BCUT2D eigenvalue weighted by Crippen LogP contribution is 2.15. The number of hydrogen-bond donors (Lipinski definition) is 1. The Kier molecular flexibility index (Phi) is 2.35. The second kappa shape index (κ2) is 2.60. The van der Waals surface area contributed by atoms with Crippen LogP contribution in [-0.4, -0.2) is 17.5 Å². The molecule has 0 heterocycles. The van der Waals surface area contributed by atoms with Gasteiger partial charge in [0.15, 0.2) is 0 Å². The van der Waals surface area contributed by atoms with Crippen LogP contribution in [0.15, 0.2) is 0 Å². The van der Waals surface area contributed by atoms with Crippen LogP contribution < -0.4 is 0 Å². The highest BCUT2D eigenvalue weighted by molar-refractivity contribution is 5.64. The van der Waals surface area contributed by atoms with Crippen LogP contribution >= 0.6 is 0 Å². The van der Waals surface area contributed by atoms with E-state index in [1.54, 1.807) is 6.07 Å². The number of aliphatic hydroxyl groups excluding tert-OH is 1. The zero-order valence-electron chi connectivity index (χ0n) is 5.46. The fourth-order valence-electron chi connectivity index (χ4n) is 0.218. The van der Waals surface area contributed by atoms with Crippen molar-refractivity contribution < 1.29 is 9.90 Å². The van der Waals surface area contributed by atoms with E-state index in [4.69, 9.17) is 10.4 Å². The summed E-state index contributed by atoms with van der Waals surface area (Å²) in [6, 6.07) is 1.71. The quantitative estimate of drug-likeness (QED) is 0.535. The van der Waals surface area contributed by atoms with Crippen molar-refractivity contribution in [1.82, 2.24) is 0 Å². The van der Waals surface area contributed by atoms with Crippen LogP contribution in [0.2, 0.25) is 0 Å². The Bertz CT molecular complexity index is 148. The van der Waals surface area contributed by atoms with E-state index in [1.165, 1.54) is 13.8 Å². The Morgan fingerprint density at radius 2 is 2.33 bits per heavy atom. The van der Waals surface area contributed by atoms with Gasteiger partial charge < -0.3 is 9.90 Å². The number of rotatable bonds is 2. The van der Waals surface area contributed by atoms with Crippen molar-refractivity contribution in [3.05, 3.63) is 0 Å². The predicted molar refractivity (Wildman–Crippen MR) is 31.5 cm³/mol. The van der Waals surface area contributed by atoms with Gasteiger partial charge >= 0.3 is 0 Å². The number of nitriles is 1. The summed E-state index contributed by atoms with van der Waals surface area (Å²) in [5, 5.41) is 17.1. The van der Waals surface area contributed by atoms with E-state index in [9.17, 15) is 4.79 Å². The molecule has 0 spiro atoms. The number of aldehydes is 1. The first-order valence-corrected chi connectivity index (χ1v) is 2.62. The zero-order chi connectivity index (χ0) is 7.49.